The van der Waals surface area contributed by atoms with Gasteiger partial charge in [0.25, 0.3) is 0 Å². The molecule has 1 aromatic carbocycles. The Hall–Kier alpha value is -3.51. The van der Waals surface area contributed by atoms with Crippen LogP contribution in [0.1, 0.15) is 85.5 Å². The van der Waals surface area contributed by atoms with Crippen molar-refractivity contribution in [3.8, 4) is 11.3 Å². The number of halogens is 7. The van der Waals surface area contributed by atoms with Gasteiger partial charge in [-0.3, -0.25) is 4.40 Å². The number of unbranched alkanes of at least 4 members (excludes halogenated alkanes) is 7. The molecule has 0 aliphatic carbocycles. The number of benzene rings is 1. The molecule has 0 amide bonds. The predicted octanol–water partition coefficient (Wildman–Crippen LogP) is 9.90. The fourth-order valence-electron chi connectivity index (χ4n) is 4.51. The van der Waals surface area contributed by atoms with Gasteiger partial charge in [-0.15, -0.1) is 0 Å². The van der Waals surface area contributed by atoms with Crippen LogP contribution in [0.5, 0.6) is 0 Å². The molecule has 0 radical (unpaired) electrons. The van der Waals surface area contributed by atoms with E-state index < -0.39 is 45.9 Å². The molecule has 44 heavy (non-hydrogen) atoms. The Balaban J connectivity index is 0.000000240. The smallest absolute Gasteiger partial charge is 0.420 e. The van der Waals surface area contributed by atoms with E-state index in [2.05, 4.69) is 17.2 Å². The third-order valence-electron chi connectivity index (χ3n) is 6.77. The number of aromatic carboxylic acids is 1. The molecular weight excluding hydrogens is 612 g/mol. The van der Waals surface area contributed by atoms with Crippen LogP contribution in [-0.2, 0) is 18.9 Å². The molecule has 240 valence electrons. The number of fused-ring (bicyclic) bond motifs is 1. The summed E-state index contributed by atoms with van der Waals surface area (Å²) in [5.41, 5.74) is -2.11. The van der Waals surface area contributed by atoms with Crippen LogP contribution in [0.15, 0.2) is 59.3 Å². The summed E-state index contributed by atoms with van der Waals surface area (Å²) in [6.45, 7) is 3.59. The van der Waals surface area contributed by atoms with Gasteiger partial charge in [0.1, 0.15) is 10.9 Å². The number of carboxylic acid groups (broad SMARTS) is 1. The lowest BCUT2D eigenvalue weighted by atomic mass is 10.1. The van der Waals surface area contributed by atoms with E-state index in [1.165, 1.54) is 81.7 Å². The summed E-state index contributed by atoms with van der Waals surface area (Å²) >= 11 is 5.83. The van der Waals surface area contributed by atoms with Crippen LogP contribution in [0, 0.1) is 0 Å². The van der Waals surface area contributed by atoms with Crippen molar-refractivity contribution in [2.24, 2.45) is 0 Å². The molecule has 0 saturated heterocycles. The Kier molecular flexibility index (Phi) is 12.7. The van der Waals surface area contributed by atoms with E-state index in [-0.39, 0.29) is 11.3 Å². The van der Waals surface area contributed by atoms with Crippen LogP contribution >= 0.6 is 11.6 Å². The average molecular weight is 646 g/mol. The summed E-state index contributed by atoms with van der Waals surface area (Å²) in [4.78, 5) is 14.5. The summed E-state index contributed by atoms with van der Waals surface area (Å²) in [5, 5.41) is 11.8. The van der Waals surface area contributed by atoms with Crippen LogP contribution in [0.2, 0.25) is 5.15 Å². The SMILES string of the molecule is CCCCCCCCCCNCc1cccc(C(F)(F)F)c1.O=C(O)c1nc2c(C(F)(F)F)cc(-c3ccco3)cn2c1Cl. The Bertz CT molecular complexity index is 1480. The minimum absolute atomic E-state index is 0.0982. The molecule has 0 aliphatic heterocycles. The summed E-state index contributed by atoms with van der Waals surface area (Å²) in [6.07, 6.45) is 3.68. The van der Waals surface area contributed by atoms with Crippen LogP contribution in [0.3, 0.4) is 0 Å². The lowest BCUT2D eigenvalue weighted by molar-refractivity contribution is -0.138. The third kappa shape index (κ3) is 10.0. The highest BCUT2D eigenvalue weighted by Crippen LogP contribution is 2.37. The topological polar surface area (TPSA) is 79.8 Å². The maximum atomic E-state index is 13.2. The predicted molar refractivity (Wildman–Crippen MR) is 156 cm³/mol. The minimum atomic E-state index is -4.73. The molecule has 13 heteroatoms. The average Bonchev–Trinajstić information content (AvgIpc) is 3.62. The lowest BCUT2D eigenvalue weighted by Crippen LogP contribution is -2.15. The number of hydrogen-bond donors (Lipinski definition) is 2. The molecular formula is C31H34ClF6N3O3. The monoisotopic (exact) mass is 645 g/mol. The zero-order valence-corrected chi connectivity index (χ0v) is 24.8. The van der Waals surface area contributed by atoms with Crippen molar-refractivity contribution in [3.63, 3.8) is 0 Å². The van der Waals surface area contributed by atoms with E-state index >= 15 is 0 Å². The van der Waals surface area contributed by atoms with Gasteiger partial charge in [-0.05, 0) is 42.8 Å². The fraction of sp³-hybridized carbons (Fsp3) is 0.419. The number of hydrogen-bond acceptors (Lipinski definition) is 4. The second kappa shape index (κ2) is 16.0. The van der Waals surface area contributed by atoms with Gasteiger partial charge in [0.2, 0.25) is 0 Å². The first-order valence-corrected chi connectivity index (χ1v) is 14.6. The van der Waals surface area contributed by atoms with Gasteiger partial charge in [-0.2, -0.15) is 26.3 Å². The first kappa shape index (κ1) is 35.0. The van der Waals surface area contributed by atoms with Crippen molar-refractivity contribution in [2.45, 2.75) is 77.2 Å². The van der Waals surface area contributed by atoms with Crippen molar-refractivity contribution in [1.82, 2.24) is 14.7 Å². The molecule has 0 saturated carbocycles. The van der Waals surface area contributed by atoms with Crippen molar-refractivity contribution < 1.29 is 40.7 Å². The third-order valence-corrected chi connectivity index (χ3v) is 7.13. The standard InChI is InChI=1S/C18H28F3N.C13H6ClF3N2O3/c1-2-3-4-5-6-7-8-9-13-22-15-16-11-10-12-17(14-16)18(19,20)21;14-10-9(12(20)21)18-11-7(13(15,16)17)4-6(5-19(10)11)8-2-1-3-22-8/h10-12,14,22H,2-9,13,15H2,1H3;1-5H,(H,20,21). The van der Waals surface area contributed by atoms with Crippen LogP contribution in [0.25, 0.3) is 17.0 Å². The summed E-state index contributed by atoms with van der Waals surface area (Å²) in [5.74, 6) is -1.32. The molecule has 0 spiro atoms. The van der Waals surface area contributed by atoms with E-state index in [1.54, 1.807) is 6.07 Å². The zero-order chi connectivity index (χ0) is 32.3. The molecule has 4 aromatic rings. The molecule has 0 aliphatic rings. The van der Waals surface area contributed by atoms with Gasteiger partial charge >= 0.3 is 18.3 Å². The Morgan fingerprint density at radius 1 is 0.955 bits per heavy atom. The van der Waals surface area contributed by atoms with Crippen LogP contribution in [0.4, 0.5) is 26.3 Å². The zero-order valence-electron chi connectivity index (χ0n) is 24.1. The molecule has 0 bridgehead atoms. The second-order valence-electron chi connectivity index (χ2n) is 10.2. The maximum Gasteiger partial charge on any atom is 0.420 e. The van der Waals surface area contributed by atoms with E-state index in [0.29, 0.717) is 12.1 Å². The van der Waals surface area contributed by atoms with E-state index in [0.717, 1.165) is 29.5 Å². The largest absolute Gasteiger partial charge is 0.476 e. The summed E-state index contributed by atoms with van der Waals surface area (Å²) in [7, 11) is 0. The number of pyridine rings is 1. The Labute approximate surface area is 256 Å². The van der Waals surface area contributed by atoms with Crippen LogP contribution < -0.4 is 5.32 Å². The number of furan rings is 1. The number of imidazole rings is 1. The van der Waals surface area contributed by atoms with Gasteiger partial charge in [-0.25, -0.2) is 9.78 Å². The molecule has 3 heterocycles. The van der Waals surface area contributed by atoms with Crippen molar-refractivity contribution in [1.29, 1.82) is 0 Å². The number of carboxylic acids is 1. The highest BCUT2D eigenvalue weighted by molar-refractivity contribution is 6.32. The van der Waals surface area contributed by atoms with Crippen molar-refractivity contribution >= 4 is 23.2 Å². The highest BCUT2D eigenvalue weighted by atomic mass is 35.5. The molecule has 0 unspecified atom stereocenters. The quantitative estimate of drug-likeness (QED) is 0.112. The summed E-state index contributed by atoms with van der Waals surface area (Å²) in [6, 6.07) is 9.37. The molecule has 6 nitrogen and oxygen atoms in total. The number of nitrogens with zero attached hydrogens (tertiary/aromatic N) is 2. The maximum absolute atomic E-state index is 13.2. The van der Waals surface area contributed by atoms with Gasteiger partial charge in [0, 0.05) is 18.3 Å². The van der Waals surface area contributed by atoms with Gasteiger partial charge in [0.05, 0.1) is 17.4 Å². The van der Waals surface area contributed by atoms with Crippen LogP contribution in [-0.4, -0.2) is 27.0 Å². The normalized spacial score (nSPS) is 11.9. The van der Waals surface area contributed by atoms with Gasteiger partial charge in [0.15, 0.2) is 11.3 Å². The first-order chi connectivity index (χ1) is 20.8. The molecule has 0 fully saturated rings. The van der Waals surface area contributed by atoms with E-state index in [1.807, 2.05) is 0 Å². The lowest BCUT2D eigenvalue weighted by Gasteiger charge is -2.10. The van der Waals surface area contributed by atoms with E-state index in [9.17, 15) is 31.1 Å². The first-order valence-electron chi connectivity index (χ1n) is 14.3. The van der Waals surface area contributed by atoms with Crippen molar-refractivity contribution in [2.75, 3.05) is 6.54 Å². The van der Waals surface area contributed by atoms with Gasteiger partial charge < -0.3 is 14.8 Å². The molecule has 3 aromatic heterocycles. The van der Waals surface area contributed by atoms with Gasteiger partial charge in [-0.1, -0.05) is 81.7 Å². The minimum Gasteiger partial charge on any atom is -0.476 e. The Morgan fingerprint density at radius 3 is 2.23 bits per heavy atom. The number of rotatable bonds is 13. The fourth-order valence-corrected chi connectivity index (χ4v) is 4.77. The molecule has 4 rings (SSSR count). The second-order valence-corrected chi connectivity index (χ2v) is 10.6. The number of alkyl halides is 6. The summed E-state index contributed by atoms with van der Waals surface area (Å²) < 4.78 is 83.3. The number of aromatic nitrogens is 2. The number of nitrogens with one attached hydrogen (secondary N) is 1. The van der Waals surface area contributed by atoms with Crippen molar-refractivity contribution in [3.05, 3.63) is 82.5 Å². The molecule has 2 N–H and O–H groups in total. The van der Waals surface area contributed by atoms with E-state index in [4.69, 9.17) is 21.1 Å². The Morgan fingerprint density at radius 2 is 1.64 bits per heavy atom. The highest BCUT2D eigenvalue weighted by Gasteiger charge is 2.36. The number of carbonyl (C=O) groups is 1. The molecule has 0 atom stereocenters.